The molecule has 1 aliphatic heterocycles. The molecule has 0 fully saturated rings. The standard InChI is InChI=1S/C16H10Cl2F4N2O/c17-13-5-10(6-14(18)23-13)15(16(20,21)22)7-12(24(25)8-15)9-1-3-11(19)4-2-9/h1-6H,7-8H2. The lowest BCUT2D eigenvalue weighted by molar-refractivity contribution is -0.465. The quantitative estimate of drug-likeness (QED) is 0.320. The fraction of sp³-hybridized carbons (Fsp3) is 0.250. The molecular weight excluding hydrogens is 383 g/mol. The number of hydrogen-bond donors (Lipinski definition) is 0. The van der Waals surface area contributed by atoms with Crippen LogP contribution in [0.5, 0.6) is 0 Å². The van der Waals surface area contributed by atoms with Gasteiger partial charge in [-0.15, -0.1) is 0 Å². The average molecular weight is 393 g/mol. The van der Waals surface area contributed by atoms with E-state index in [0.29, 0.717) is 0 Å². The van der Waals surface area contributed by atoms with Gasteiger partial charge in [-0.25, -0.2) is 14.1 Å². The van der Waals surface area contributed by atoms with E-state index in [1.54, 1.807) is 0 Å². The van der Waals surface area contributed by atoms with Crippen molar-refractivity contribution < 1.29 is 22.3 Å². The maximum Gasteiger partial charge on any atom is 0.405 e. The second-order valence-corrected chi connectivity index (χ2v) is 6.52. The molecule has 1 aliphatic rings. The summed E-state index contributed by atoms with van der Waals surface area (Å²) in [5.74, 6) is -0.547. The summed E-state index contributed by atoms with van der Waals surface area (Å²) in [6.07, 6.45) is -5.34. The van der Waals surface area contributed by atoms with Gasteiger partial charge in [-0.05, 0) is 42.0 Å². The number of alkyl halides is 3. The van der Waals surface area contributed by atoms with Crippen LogP contribution in [0.25, 0.3) is 0 Å². The number of halogens is 6. The number of pyridine rings is 1. The molecule has 25 heavy (non-hydrogen) atoms. The largest absolute Gasteiger partial charge is 0.624 e. The molecule has 2 heterocycles. The van der Waals surface area contributed by atoms with Crippen LogP contribution in [-0.2, 0) is 5.41 Å². The van der Waals surface area contributed by atoms with E-state index < -0.39 is 30.4 Å². The fourth-order valence-corrected chi connectivity index (χ4v) is 3.41. The van der Waals surface area contributed by atoms with Crippen LogP contribution in [-0.4, -0.2) is 28.2 Å². The van der Waals surface area contributed by atoms with Gasteiger partial charge >= 0.3 is 6.18 Å². The average Bonchev–Trinajstić information content (AvgIpc) is 2.86. The molecule has 1 aromatic heterocycles. The molecule has 1 atom stereocenters. The van der Waals surface area contributed by atoms with Crippen LogP contribution in [0.2, 0.25) is 10.3 Å². The lowest BCUT2D eigenvalue weighted by Crippen LogP contribution is -2.45. The van der Waals surface area contributed by atoms with Crippen LogP contribution in [0.1, 0.15) is 17.5 Å². The Morgan fingerprint density at radius 2 is 1.64 bits per heavy atom. The van der Waals surface area contributed by atoms with Gasteiger partial charge in [-0.3, -0.25) is 0 Å². The van der Waals surface area contributed by atoms with E-state index in [-0.39, 0.29) is 31.9 Å². The molecule has 132 valence electrons. The monoisotopic (exact) mass is 392 g/mol. The first-order valence-electron chi connectivity index (χ1n) is 7.09. The van der Waals surface area contributed by atoms with Crippen molar-refractivity contribution >= 4 is 28.9 Å². The van der Waals surface area contributed by atoms with Gasteiger partial charge in [0.05, 0.1) is 6.42 Å². The molecule has 0 amide bonds. The Labute approximate surface area is 150 Å². The van der Waals surface area contributed by atoms with Crippen LogP contribution in [0, 0.1) is 11.0 Å². The molecule has 0 spiro atoms. The minimum absolute atomic E-state index is 0.0821. The third kappa shape index (κ3) is 3.18. The van der Waals surface area contributed by atoms with E-state index in [1.165, 1.54) is 12.1 Å². The van der Waals surface area contributed by atoms with Crippen molar-refractivity contribution in [2.75, 3.05) is 6.54 Å². The third-order valence-electron chi connectivity index (χ3n) is 4.22. The van der Waals surface area contributed by atoms with Gasteiger partial charge in [-0.1, -0.05) is 23.2 Å². The summed E-state index contributed by atoms with van der Waals surface area (Å²) in [5.41, 5.74) is -2.56. The summed E-state index contributed by atoms with van der Waals surface area (Å²) in [4.78, 5) is 3.65. The Kier molecular flexibility index (Phi) is 4.41. The maximum absolute atomic E-state index is 13.9. The van der Waals surface area contributed by atoms with Crippen molar-refractivity contribution in [2.45, 2.75) is 18.0 Å². The SMILES string of the molecule is [O-][N+]1=C(c2ccc(F)cc2)CC(c2cc(Cl)nc(Cl)c2)(C(F)(F)F)C1. The second-order valence-electron chi connectivity index (χ2n) is 5.75. The Morgan fingerprint density at radius 1 is 1.08 bits per heavy atom. The van der Waals surface area contributed by atoms with Crippen LogP contribution in [0.3, 0.4) is 0 Å². The smallest absolute Gasteiger partial charge is 0.405 e. The summed E-state index contributed by atoms with van der Waals surface area (Å²) in [6, 6.07) is 6.83. The van der Waals surface area contributed by atoms with Crippen molar-refractivity contribution in [3.63, 3.8) is 0 Å². The Morgan fingerprint density at radius 3 is 2.16 bits per heavy atom. The molecule has 9 heteroatoms. The normalized spacial score (nSPS) is 21.0. The zero-order valence-corrected chi connectivity index (χ0v) is 14.0. The number of nitrogens with zero attached hydrogens (tertiary/aromatic N) is 2. The zero-order chi connectivity index (χ0) is 18.4. The molecule has 0 N–H and O–H groups in total. The van der Waals surface area contributed by atoms with Crippen molar-refractivity contribution in [2.24, 2.45) is 0 Å². The molecule has 0 radical (unpaired) electrons. The van der Waals surface area contributed by atoms with Gasteiger partial charge in [0.2, 0.25) is 0 Å². The Hall–Kier alpha value is -1.86. The molecule has 1 unspecified atom stereocenters. The molecule has 3 rings (SSSR count). The predicted octanol–water partition coefficient (Wildman–Crippen LogP) is 4.73. The van der Waals surface area contributed by atoms with E-state index >= 15 is 0 Å². The maximum atomic E-state index is 13.9. The van der Waals surface area contributed by atoms with Gasteiger partial charge in [-0.2, -0.15) is 13.2 Å². The zero-order valence-electron chi connectivity index (χ0n) is 12.4. The molecule has 0 saturated heterocycles. The van der Waals surface area contributed by atoms with Crippen LogP contribution in [0.15, 0.2) is 36.4 Å². The molecule has 0 bridgehead atoms. The highest BCUT2D eigenvalue weighted by atomic mass is 35.5. The molecule has 1 aromatic carbocycles. The van der Waals surface area contributed by atoms with Gasteiger partial charge < -0.3 is 5.21 Å². The molecule has 2 aromatic rings. The lowest BCUT2D eigenvalue weighted by atomic mass is 9.77. The first kappa shape index (κ1) is 17.9. The van der Waals surface area contributed by atoms with Crippen LogP contribution < -0.4 is 0 Å². The van der Waals surface area contributed by atoms with Gasteiger partial charge in [0.1, 0.15) is 16.1 Å². The highest BCUT2D eigenvalue weighted by molar-refractivity contribution is 6.32. The Balaban J connectivity index is 2.10. The fourth-order valence-electron chi connectivity index (χ4n) is 2.95. The number of benzene rings is 1. The number of aromatic nitrogens is 1. The molecule has 3 nitrogen and oxygen atoms in total. The van der Waals surface area contributed by atoms with Gasteiger partial charge in [0, 0.05) is 5.56 Å². The van der Waals surface area contributed by atoms with Crippen molar-refractivity contribution in [1.29, 1.82) is 0 Å². The topological polar surface area (TPSA) is 39.0 Å². The first-order valence-corrected chi connectivity index (χ1v) is 7.85. The lowest BCUT2D eigenvalue weighted by Gasteiger charge is -2.29. The van der Waals surface area contributed by atoms with Gasteiger partial charge in [0.25, 0.3) is 0 Å². The van der Waals surface area contributed by atoms with E-state index in [0.717, 1.165) is 24.3 Å². The van der Waals surface area contributed by atoms with Crippen molar-refractivity contribution in [3.8, 4) is 0 Å². The summed E-state index contributed by atoms with van der Waals surface area (Å²) in [6.45, 7) is -0.847. The van der Waals surface area contributed by atoms with E-state index in [2.05, 4.69) is 4.98 Å². The van der Waals surface area contributed by atoms with E-state index in [4.69, 9.17) is 23.2 Å². The summed E-state index contributed by atoms with van der Waals surface area (Å²) in [7, 11) is 0. The molecule has 0 aliphatic carbocycles. The minimum atomic E-state index is -4.73. The van der Waals surface area contributed by atoms with Crippen molar-refractivity contribution in [1.82, 2.24) is 4.98 Å². The van der Waals surface area contributed by atoms with Gasteiger partial charge in [0.15, 0.2) is 17.7 Å². The molecule has 0 saturated carbocycles. The summed E-state index contributed by atoms with van der Waals surface area (Å²) < 4.78 is 55.2. The summed E-state index contributed by atoms with van der Waals surface area (Å²) >= 11 is 11.5. The van der Waals surface area contributed by atoms with Crippen LogP contribution in [0.4, 0.5) is 17.6 Å². The van der Waals surface area contributed by atoms with E-state index in [1.807, 2.05) is 0 Å². The minimum Gasteiger partial charge on any atom is -0.624 e. The summed E-state index contributed by atoms with van der Waals surface area (Å²) in [5, 5.41) is 11.9. The number of hydroxylamine groups is 1. The number of rotatable bonds is 2. The molecular formula is C16H10Cl2F4N2O. The first-order chi connectivity index (χ1) is 11.6. The van der Waals surface area contributed by atoms with Crippen LogP contribution >= 0.6 is 23.2 Å². The van der Waals surface area contributed by atoms with E-state index in [9.17, 15) is 22.8 Å². The second kappa shape index (κ2) is 6.14. The third-order valence-corrected chi connectivity index (χ3v) is 4.61. The highest BCUT2D eigenvalue weighted by Gasteiger charge is 2.63. The number of hydrogen-bond acceptors (Lipinski definition) is 2. The highest BCUT2D eigenvalue weighted by Crippen LogP contribution is 2.48. The predicted molar refractivity (Wildman–Crippen MR) is 85.6 cm³/mol. The van der Waals surface area contributed by atoms with Crippen molar-refractivity contribution in [3.05, 3.63) is 68.9 Å². The Bertz CT molecular complexity index is 832.